The fourth-order valence-corrected chi connectivity index (χ4v) is 10.7. The van der Waals surface area contributed by atoms with Crippen LogP contribution in [0.5, 0.6) is 0 Å². The minimum atomic E-state index is -0.870. The van der Waals surface area contributed by atoms with E-state index >= 15 is 0 Å². The minimum Gasteiger partial charge on any atom is -0.102 e. The van der Waals surface area contributed by atoms with Crippen LogP contribution in [0.4, 0.5) is 0 Å². The molecule has 0 spiro atoms. The topological polar surface area (TPSA) is 0 Å². The van der Waals surface area contributed by atoms with Crippen molar-refractivity contribution >= 4 is 0 Å². The lowest BCUT2D eigenvalue weighted by Gasteiger charge is -2.34. The second-order valence-electron chi connectivity index (χ2n) is 23.6. The minimum absolute atomic E-state index is 0.682. The molecule has 0 fully saturated rings. The summed E-state index contributed by atoms with van der Waals surface area (Å²) in [5, 5.41) is 0. The third-order valence-corrected chi connectivity index (χ3v) is 16.0. The van der Waals surface area contributed by atoms with E-state index < -0.39 is 10.8 Å². The van der Waals surface area contributed by atoms with Crippen molar-refractivity contribution in [1.29, 1.82) is 0 Å². The summed E-state index contributed by atoms with van der Waals surface area (Å²) < 4.78 is 0. The first-order chi connectivity index (χ1) is 37.1. The van der Waals surface area contributed by atoms with Crippen LogP contribution in [-0.2, 0) is 0 Å². The van der Waals surface area contributed by atoms with Crippen molar-refractivity contribution in [2.24, 2.45) is 10.8 Å². The van der Waals surface area contributed by atoms with Gasteiger partial charge >= 0.3 is 0 Å². The lowest BCUT2D eigenvalue weighted by molar-refractivity contribution is 0.348. The van der Waals surface area contributed by atoms with Gasteiger partial charge in [0.05, 0.1) is 0 Å². The highest BCUT2D eigenvalue weighted by atomic mass is 14.4. The molecule has 0 heteroatoms. The summed E-state index contributed by atoms with van der Waals surface area (Å²) in [6, 6.07) is 0. The van der Waals surface area contributed by atoms with E-state index in [1.54, 1.807) is 0 Å². The average molecular weight is 1030 g/mol. The fourth-order valence-electron chi connectivity index (χ4n) is 10.7. The lowest BCUT2D eigenvalue weighted by atomic mass is 9.62. The molecule has 0 N–H and O–H groups in total. The van der Waals surface area contributed by atoms with Crippen LogP contribution in [0.25, 0.3) is 0 Å². The van der Waals surface area contributed by atoms with Crippen LogP contribution in [0.1, 0.15) is 408 Å². The fraction of sp³-hybridized carbons (Fsp3) is 0.867. The summed E-state index contributed by atoms with van der Waals surface area (Å²) in [5.41, 5.74) is -1.55. The zero-order valence-electron chi connectivity index (χ0n) is 52.3. The van der Waals surface area contributed by atoms with Crippen LogP contribution in [0.3, 0.4) is 0 Å². The van der Waals surface area contributed by atoms with Crippen LogP contribution in [0, 0.1) is 70.0 Å². The number of hydrogen-bond donors (Lipinski definition) is 0. The molecule has 0 aliphatic rings. The van der Waals surface area contributed by atoms with Gasteiger partial charge in [0, 0.05) is 32.1 Å². The monoisotopic (exact) mass is 1030 g/mol. The van der Waals surface area contributed by atoms with Gasteiger partial charge < -0.3 is 0 Å². The van der Waals surface area contributed by atoms with Crippen LogP contribution in [0.2, 0.25) is 0 Å². The molecule has 0 saturated heterocycles. The molecule has 0 aromatic heterocycles. The van der Waals surface area contributed by atoms with Gasteiger partial charge in [-0.05, 0) is 38.5 Å². The van der Waals surface area contributed by atoms with Gasteiger partial charge in [-0.25, -0.2) is 0 Å². The normalized spacial score (nSPS) is 12.5. The highest BCUT2D eigenvalue weighted by Crippen LogP contribution is 2.43. The molecule has 0 aromatic rings. The van der Waals surface area contributed by atoms with Crippen molar-refractivity contribution in [2.45, 2.75) is 408 Å². The summed E-state index contributed by atoms with van der Waals surface area (Å²) in [6.45, 7) is 13.9. The van der Waals surface area contributed by atoms with Gasteiger partial charge in [0.2, 0.25) is 0 Å². The zero-order valence-corrected chi connectivity index (χ0v) is 52.3. The largest absolute Gasteiger partial charge is 0.179 e. The van der Waals surface area contributed by atoms with E-state index in [9.17, 15) is 0 Å². The molecule has 0 radical (unpaired) electrons. The van der Waals surface area contributed by atoms with E-state index in [4.69, 9.17) is 0 Å². The van der Waals surface area contributed by atoms with E-state index in [0.717, 1.165) is 64.2 Å². The molecule has 0 saturated carbocycles. The Balaban J connectivity index is 7.28. The Morgan fingerprint density at radius 1 is 0.173 bits per heavy atom. The maximum Gasteiger partial charge on any atom is 0.179 e. The molecule has 0 aliphatic heterocycles. The number of rotatable bonds is 53. The van der Waals surface area contributed by atoms with E-state index in [-0.39, 0.29) is 0 Å². The summed E-state index contributed by atoms with van der Waals surface area (Å²) in [6.07, 6.45) is 73.2. The van der Waals surface area contributed by atoms with Crippen LogP contribution >= 0.6 is 0 Å². The molecule has 0 heterocycles. The van der Waals surface area contributed by atoms with Gasteiger partial charge in [0.15, 0.2) is 5.41 Å². The average Bonchev–Trinajstić information content (AvgIpc) is 3.42. The molecule has 75 heavy (non-hydrogen) atoms. The zero-order chi connectivity index (χ0) is 54.4. The summed E-state index contributed by atoms with van der Waals surface area (Å²) in [5.74, 6) is 39.5. The van der Waals surface area contributed by atoms with Gasteiger partial charge in [-0.1, -0.05) is 367 Å². The van der Waals surface area contributed by atoms with Gasteiger partial charge in [-0.3, -0.25) is 0 Å². The van der Waals surface area contributed by atoms with Crippen LogP contribution < -0.4 is 0 Å². The van der Waals surface area contributed by atoms with E-state index in [1.807, 2.05) is 0 Å². The quantitative estimate of drug-likeness (QED) is 0.0421. The molecular formula is C75H132. The van der Waals surface area contributed by atoms with Crippen molar-refractivity contribution in [3.05, 3.63) is 0 Å². The molecule has 0 nitrogen and oxygen atoms in total. The van der Waals surface area contributed by atoms with Crippen molar-refractivity contribution in [2.75, 3.05) is 0 Å². The smallest absolute Gasteiger partial charge is 0.102 e. The Hall–Kier alpha value is -2.20. The molecule has 0 amide bonds. The van der Waals surface area contributed by atoms with Crippen molar-refractivity contribution in [1.82, 2.24) is 0 Å². The first-order valence-corrected chi connectivity index (χ1v) is 34.6. The highest BCUT2D eigenvalue weighted by Gasteiger charge is 2.47. The van der Waals surface area contributed by atoms with Crippen molar-refractivity contribution in [3.63, 3.8) is 0 Å². The third kappa shape index (κ3) is 47.5. The predicted octanol–water partition coefficient (Wildman–Crippen LogP) is 25.3. The second kappa shape index (κ2) is 61.0. The van der Waals surface area contributed by atoms with Crippen molar-refractivity contribution in [3.8, 4) is 59.2 Å². The molecule has 0 aromatic carbocycles. The SMILES string of the molecule is CCCCCCCCC#CC(C#CCCCCCCCCC)(CCCCCCCCCCCCC)C(C#CCCCCCCCCCC)(C#CCCCCCCCCCCC)C#CCCCCCCCCCCCC. The molecule has 432 valence electrons. The maximum atomic E-state index is 4.08. The Kier molecular flexibility index (Phi) is 59.2. The summed E-state index contributed by atoms with van der Waals surface area (Å²) in [4.78, 5) is 0. The first-order valence-electron chi connectivity index (χ1n) is 34.6. The van der Waals surface area contributed by atoms with Gasteiger partial charge in [-0.2, -0.15) is 0 Å². The Bertz CT molecular complexity index is 1490. The standard InChI is InChI=1S/C75H132/c1-7-13-19-25-31-37-41-44-49-55-61-67-73-75(70-64-58-52-46-40-34-28-22-16-10-4,72-66-60-54-48-43-39-33-27-21-15-9-3)74(68-62-56-50-36-30-24-18-12-6,69-63-57-51-45-35-29-23-17-11-5)71-65-59-53-47-42-38-32-26-20-14-8-2/h7-61,65,71H2,1-6H3. The Morgan fingerprint density at radius 3 is 0.533 bits per heavy atom. The van der Waals surface area contributed by atoms with E-state index in [2.05, 4.69) is 101 Å². The van der Waals surface area contributed by atoms with Gasteiger partial charge in [0.1, 0.15) is 5.41 Å². The molecule has 0 bridgehead atoms. The lowest BCUT2D eigenvalue weighted by Crippen LogP contribution is -2.38. The molecular weight excluding hydrogens is 901 g/mol. The first kappa shape index (κ1) is 72.8. The Morgan fingerprint density at radius 2 is 0.333 bits per heavy atom. The van der Waals surface area contributed by atoms with Gasteiger partial charge in [-0.15, -0.1) is 29.6 Å². The van der Waals surface area contributed by atoms with Crippen LogP contribution in [0.15, 0.2) is 0 Å². The van der Waals surface area contributed by atoms with E-state index in [0.29, 0.717) is 0 Å². The summed E-state index contributed by atoms with van der Waals surface area (Å²) in [7, 11) is 0. The number of hydrogen-bond acceptors (Lipinski definition) is 0. The predicted molar refractivity (Wildman–Crippen MR) is 341 cm³/mol. The molecule has 0 rings (SSSR count). The second-order valence-corrected chi connectivity index (χ2v) is 23.6. The van der Waals surface area contributed by atoms with Gasteiger partial charge in [0.25, 0.3) is 0 Å². The van der Waals surface area contributed by atoms with Crippen LogP contribution in [-0.4, -0.2) is 0 Å². The molecule has 2 unspecified atom stereocenters. The highest BCUT2D eigenvalue weighted by molar-refractivity contribution is 5.51. The molecule has 2 atom stereocenters. The maximum absolute atomic E-state index is 4.08. The van der Waals surface area contributed by atoms with Crippen molar-refractivity contribution < 1.29 is 0 Å². The Labute approximate surface area is 475 Å². The number of unbranched alkanes of at least 4 members (excludes halogenated alkanes) is 50. The molecule has 0 aliphatic carbocycles. The summed E-state index contributed by atoms with van der Waals surface area (Å²) >= 11 is 0. The van der Waals surface area contributed by atoms with E-state index in [1.165, 1.54) is 302 Å². The third-order valence-electron chi connectivity index (χ3n) is 16.0.